The van der Waals surface area contributed by atoms with Crippen LogP contribution in [-0.2, 0) is 18.8 Å². The van der Waals surface area contributed by atoms with Crippen LogP contribution in [-0.4, -0.2) is 33.3 Å². The van der Waals surface area contributed by atoms with E-state index in [4.69, 9.17) is 9.16 Å². The summed E-state index contributed by atoms with van der Waals surface area (Å²) in [5, 5.41) is 0. The zero-order valence-electron chi connectivity index (χ0n) is 19.1. The van der Waals surface area contributed by atoms with Crippen molar-refractivity contribution in [3.05, 3.63) is 11.6 Å². The van der Waals surface area contributed by atoms with Crippen LogP contribution in [0.4, 0.5) is 0 Å². The number of carbonyl (C=O) groups is 2. The second kappa shape index (κ2) is 11.8. The van der Waals surface area contributed by atoms with Crippen molar-refractivity contribution in [2.45, 2.75) is 93.0 Å². The molecule has 0 aliphatic carbocycles. The van der Waals surface area contributed by atoms with Crippen LogP contribution in [0.3, 0.4) is 0 Å². The molecule has 4 nitrogen and oxygen atoms in total. The van der Waals surface area contributed by atoms with Gasteiger partial charge in [0.1, 0.15) is 12.9 Å². The van der Waals surface area contributed by atoms with Crippen molar-refractivity contribution >= 4 is 20.6 Å². The first-order chi connectivity index (χ1) is 12.5. The number of esters is 1. The van der Waals surface area contributed by atoms with E-state index >= 15 is 0 Å². The van der Waals surface area contributed by atoms with Gasteiger partial charge in [-0.3, -0.25) is 4.79 Å². The van der Waals surface area contributed by atoms with Crippen LogP contribution in [0.1, 0.15) is 68.7 Å². The third kappa shape index (κ3) is 8.73. The molecule has 0 bridgehead atoms. The van der Waals surface area contributed by atoms with E-state index in [2.05, 4.69) is 40.7 Å². The van der Waals surface area contributed by atoms with Crippen molar-refractivity contribution in [1.82, 2.24) is 0 Å². The Bertz CT molecular complexity index is 481. The quantitative estimate of drug-likeness (QED) is 0.181. The van der Waals surface area contributed by atoms with Crippen LogP contribution in [0.5, 0.6) is 0 Å². The third-order valence-corrected chi connectivity index (χ3v) is 10.1. The Morgan fingerprint density at radius 2 is 1.59 bits per heavy atom. The van der Waals surface area contributed by atoms with Crippen LogP contribution in [0.15, 0.2) is 11.6 Å². The Kier molecular flexibility index (Phi) is 11.4. The Morgan fingerprint density at radius 1 is 1.07 bits per heavy atom. The number of hydrogen-bond donors (Lipinski definition) is 0. The molecule has 0 fully saturated rings. The Balaban J connectivity index is 5.30. The molecular weight excluding hydrogens is 356 g/mol. The lowest BCUT2D eigenvalue weighted by molar-refractivity contribution is -0.151. The largest absolute Gasteiger partial charge is 0.461 e. The molecule has 0 aliphatic rings. The summed E-state index contributed by atoms with van der Waals surface area (Å²) in [4.78, 5) is 23.1. The normalized spacial score (nSPS) is 16.6. The smallest absolute Gasteiger partial charge is 0.311 e. The van der Waals surface area contributed by atoms with E-state index in [0.29, 0.717) is 13.0 Å². The maximum Gasteiger partial charge on any atom is 0.311 e. The molecule has 5 heteroatoms. The van der Waals surface area contributed by atoms with Gasteiger partial charge >= 0.3 is 5.97 Å². The highest BCUT2D eigenvalue weighted by atomic mass is 28.4. The first-order valence-electron chi connectivity index (χ1n) is 10.4. The number of carbonyl (C=O) groups excluding carboxylic acids is 2. The van der Waals surface area contributed by atoms with Crippen LogP contribution in [0.25, 0.3) is 0 Å². The molecule has 0 radical (unpaired) electrons. The lowest BCUT2D eigenvalue weighted by Crippen LogP contribution is -2.44. The Labute approximate surface area is 168 Å². The summed E-state index contributed by atoms with van der Waals surface area (Å²) in [6.07, 6.45) is 3.64. The van der Waals surface area contributed by atoms with Crippen molar-refractivity contribution in [3.63, 3.8) is 0 Å². The molecule has 0 heterocycles. The van der Waals surface area contributed by atoms with E-state index in [1.807, 2.05) is 27.7 Å². The van der Waals surface area contributed by atoms with Gasteiger partial charge in [-0.25, -0.2) is 0 Å². The minimum absolute atomic E-state index is 0.00924. The van der Waals surface area contributed by atoms with Gasteiger partial charge in [0.25, 0.3) is 0 Å². The zero-order valence-corrected chi connectivity index (χ0v) is 20.1. The van der Waals surface area contributed by atoms with E-state index in [0.717, 1.165) is 30.0 Å². The predicted octanol–water partition coefficient (Wildman–Crippen LogP) is 5.77. The summed E-state index contributed by atoms with van der Waals surface area (Å²) in [6.45, 7) is 18.7. The van der Waals surface area contributed by atoms with E-state index in [9.17, 15) is 9.59 Å². The average Bonchev–Trinajstić information content (AvgIpc) is 2.60. The van der Waals surface area contributed by atoms with Gasteiger partial charge in [-0.1, -0.05) is 40.7 Å². The second-order valence-corrected chi connectivity index (χ2v) is 13.6. The third-order valence-electron chi connectivity index (χ3n) is 5.46. The summed E-state index contributed by atoms with van der Waals surface area (Å²) in [6, 6.07) is 3.26. The van der Waals surface area contributed by atoms with Gasteiger partial charge in [0.2, 0.25) is 0 Å². The fourth-order valence-corrected chi connectivity index (χ4v) is 6.33. The van der Waals surface area contributed by atoms with Crippen LogP contribution in [0.2, 0.25) is 18.1 Å². The molecule has 0 aromatic heterocycles. The lowest BCUT2D eigenvalue weighted by atomic mass is 9.90. The van der Waals surface area contributed by atoms with Crippen LogP contribution >= 0.6 is 0 Å². The van der Waals surface area contributed by atoms with Gasteiger partial charge in [-0.05, 0) is 63.2 Å². The van der Waals surface area contributed by atoms with Gasteiger partial charge in [-0.15, -0.1) is 0 Å². The molecule has 3 atom stereocenters. The standard InChI is InChI=1S/C22H42O4Si/c1-10-27(11-2,12-3)26-20(18(5)13-14-23)19(6)15-17(4)16-25-21(24)22(7,8)9/h14-15,18-20H,10-13,16H2,1-9H3/b17-15+/t18-,19+,20-/m0/s1. The fourth-order valence-electron chi connectivity index (χ4n) is 3.30. The minimum Gasteiger partial charge on any atom is -0.461 e. The molecule has 0 amide bonds. The first-order valence-corrected chi connectivity index (χ1v) is 12.9. The van der Waals surface area contributed by atoms with E-state index in [1.165, 1.54) is 0 Å². The highest BCUT2D eigenvalue weighted by molar-refractivity contribution is 6.73. The maximum absolute atomic E-state index is 12.0. The molecule has 0 spiro atoms. The molecule has 0 saturated heterocycles. The van der Waals surface area contributed by atoms with Gasteiger partial charge in [-0.2, -0.15) is 0 Å². The molecule has 0 unspecified atom stereocenters. The molecule has 0 aromatic carbocycles. The SMILES string of the molecule is CC[Si](CC)(CC)O[C@H]([C@H](C)/C=C(\C)COC(=O)C(C)(C)C)[C@@H](C)CC=O. The second-order valence-electron chi connectivity index (χ2n) is 8.90. The van der Waals surface area contributed by atoms with E-state index < -0.39 is 13.7 Å². The van der Waals surface area contributed by atoms with Gasteiger partial charge in [0, 0.05) is 6.42 Å². The Hall–Kier alpha value is -0.943. The number of ether oxygens (including phenoxy) is 1. The lowest BCUT2D eigenvalue weighted by Gasteiger charge is -2.38. The van der Waals surface area contributed by atoms with Gasteiger partial charge in [0.05, 0.1) is 11.5 Å². The molecule has 0 aromatic rings. The van der Waals surface area contributed by atoms with Crippen molar-refractivity contribution < 1.29 is 18.8 Å². The van der Waals surface area contributed by atoms with Gasteiger partial charge < -0.3 is 14.0 Å². The summed E-state index contributed by atoms with van der Waals surface area (Å²) in [5.74, 6) is 0.124. The zero-order chi connectivity index (χ0) is 21.3. The summed E-state index contributed by atoms with van der Waals surface area (Å²) < 4.78 is 12.2. The number of hydrogen-bond acceptors (Lipinski definition) is 4. The predicted molar refractivity (Wildman–Crippen MR) is 115 cm³/mol. The monoisotopic (exact) mass is 398 g/mol. The summed E-state index contributed by atoms with van der Waals surface area (Å²) in [7, 11) is -1.78. The highest BCUT2D eigenvalue weighted by Gasteiger charge is 2.35. The van der Waals surface area contributed by atoms with Crippen molar-refractivity contribution in [2.24, 2.45) is 17.3 Å². The van der Waals surface area contributed by atoms with Crippen LogP contribution < -0.4 is 0 Å². The van der Waals surface area contributed by atoms with Crippen molar-refractivity contribution in [3.8, 4) is 0 Å². The first kappa shape index (κ1) is 26.1. The molecular formula is C22H42O4Si. The summed E-state index contributed by atoms with van der Waals surface area (Å²) >= 11 is 0. The molecule has 0 N–H and O–H groups in total. The fraction of sp³-hybridized carbons (Fsp3) is 0.818. The topological polar surface area (TPSA) is 52.6 Å². The molecule has 0 aliphatic heterocycles. The maximum atomic E-state index is 12.0. The number of rotatable bonds is 12. The molecule has 0 rings (SSSR count). The van der Waals surface area contributed by atoms with Crippen molar-refractivity contribution in [1.29, 1.82) is 0 Å². The number of aldehydes is 1. The highest BCUT2D eigenvalue weighted by Crippen LogP contribution is 2.31. The van der Waals surface area contributed by atoms with E-state index in [1.54, 1.807) is 0 Å². The van der Waals surface area contributed by atoms with Gasteiger partial charge in [0.15, 0.2) is 8.32 Å². The van der Waals surface area contributed by atoms with Crippen LogP contribution in [0, 0.1) is 17.3 Å². The average molecular weight is 399 g/mol. The molecule has 0 saturated carbocycles. The molecule has 27 heavy (non-hydrogen) atoms. The van der Waals surface area contributed by atoms with Crippen molar-refractivity contribution in [2.75, 3.05) is 6.61 Å². The summed E-state index contributed by atoms with van der Waals surface area (Å²) in [5.41, 5.74) is 0.522. The van der Waals surface area contributed by atoms with E-state index in [-0.39, 0.29) is 23.9 Å². The Morgan fingerprint density at radius 3 is 2.00 bits per heavy atom. The molecule has 158 valence electrons. The minimum atomic E-state index is -1.78.